The van der Waals surface area contributed by atoms with Crippen LogP contribution in [0.4, 0.5) is 9.59 Å². The first-order valence-corrected chi connectivity index (χ1v) is 11.2. The molecule has 3 aromatic rings. The third-order valence-corrected chi connectivity index (χ3v) is 5.64. The van der Waals surface area contributed by atoms with Crippen LogP contribution in [0, 0.1) is 6.92 Å². The van der Waals surface area contributed by atoms with Gasteiger partial charge in [-0.2, -0.15) is 9.78 Å². The van der Waals surface area contributed by atoms with Crippen molar-refractivity contribution in [1.29, 1.82) is 0 Å². The Bertz CT molecular complexity index is 1180. The monoisotopic (exact) mass is 445 g/mol. The second-order valence-corrected chi connectivity index (χ2v) is 9.37. The molecule has 1 aliphatic heterocycles. The molecule has 4 rings (SSSR count). The van der Waals surface area contributed by atoms with Gasteiger partial charge in [0.1, 0.15) is 5.60 Å². The molecule has 0 aromatic carbocycles. The van der Waals surface area contributed by atoms with E-state index in [0.717, 1.165) is 16.5 Å². The highest BCUT2D eigenvalue weighted by Crippen LogP contribution is 2.32. The number of aryl methyl sites for hydroxylation is 1. The number of nitrogens with one attached hydrogen (secondary N) is 1. The highest BCUT2D eigenvalue weighted by Gasteiger charge is 2.22. The van der Waals surface area contributed by atoms with E-state index in [-0.39, 0.29) is 0 Å². The van der Waals surface area contributed by atoms with Crippen LogP contribution in [-0.4, -0.2) is 37.1 Å². The number of aromatic nitrogens is 4. The van der Waals surface area contributed by atoms with E-state index >= 15 is 0 Å². The lowest BCUT2D eigenvalue weighted by atomic mass is 10.1. The van der Waals surface area contributed by atoms with E-state index in [2.05, 4.69) is 14.8 Å². The highest BCUT2D eigenvalue weighted by molar-refractivity contribution is 8.77. The lowest BCUT2D eigenvalue weighted by Crippen LogP contribution is -2.27. The van der Waals surface area contributed by atoms with Gasteiger partial charge in [0.25, 0.3) is 0 Å². The molecule has 0 amide bonds. The molecule has 0 atom stereocenters. The Hall–Kier alpha value is -2.92. The van der Waals surface area contributed by atoms with Crippen LogP contribution < -0.4 is 4.72 Å². The number of ether oxygens (including phenoxy) is 2. The first-order chi connectivity index (χ1) is 14.2. The van der Waals surface area contributed by atoms with Crippen molar-refractivity contribution in [1.82, 2.24) is 24.1 Å². The molecule has 0 fully saturated rings. The normalized spacial score (nSPS) is 13.8. The highest BCUT2D eigenvalue weighted by atomic mass is 33.1. The van der Waals surface area contributed by atoms with E-state index in [4.69, 9.17) is 9.47 Å². The van der Waals surface area contributed by atoms with Gasteiger partial charge in [-0.3, -0.25) is 14.3 Å². The van der Waals surface area contributed by atoms with Gasteiger partial charge in [0.2, 0.25) is 5.88 Å². The van der Waals surface area contributed by atoms with Crippen molar-refractivity contribution >= 4 is 44.9 Å². The van der Waals surface area contributed by atoms with Crippen LogP contribution in [0.25, 0.3) is 22.0 Å². The number of pyridine rings is 1. The minimum atomic E-state index is -0.628. The van der Waals surface area contributed by atoms with E-state index < -0.39 is 17.8 Å². The Morgan fingerprint density at radius 1 is 1.17 bits per heavy atom. The van der Waals surface area contributed by atoms with E-state index in [0.29, 0.717) is 17.1 Å². The molecule has 9 nitrogen and oxygen atoms in total. The summed E-state index contributed by atoms with van der Waals surface area (Å²) < 4.78 is 16.2. The molecule has 0 bridgehead atoms. The Morgan fingerprint density at radius 2 is 1.97 bits per heavy atom. The van der Waals surface area contributed by atoms with Crippen LogP contribution in [0.3, 0.4) is 0 Å². The lowest BCUT2D eigenvalue weighted by molar-refractivity contribution is 0.0514. The average molecular weight is 446 g/mol. The Kier molecular flexibility index (Phi) is 5.24. The second-order valence-electron chi connectivity index (χ2n) is 7.49. The summed E-state index contributed by atoms with van der Waals surface area (Å²) >= 11 is 0. The van der Waals surface area contributed by atoms with Crippen molar-refractivity contribution in [3.8, 4) is 11.1 Å². The predicted octanol–water partition coefficient (Wildman–Crippen LogP) is 4.67. The molecule has 11 heteroatoms. The smallest absolute Gasteiger partial charge is 0.435 e. The maximum Gasteiger partial charge on any atom is 0.435 e. The fraction of sp³-hybridized carbons (Fsp3) is 0.263. The van der Waals surface area contributed by atoms with Crippen molar-refractivity contribution in [2.45, 2.75) is 33.3 Å². The van der Waals surface area contributed by atoms with Gasteiger partial charge in [-0.05, 0) is 44.6 Å². The third-order valence-electron chi connectivity index (χ3n) is 4.13. The summed E-state index contributed by atoms with van der Waals surface area (Å²) in [7, 11) is 2.79. The molecule has 0 aliphatic carbocycles. The van der Waals surface area contributed by atoms with Crippen LogP contribution in [0.1, 0.15) is 26.5 Å². The molecule has 0 saturated heterocycles. The molecular formula is C19H19N5O4S2. The summed E-state index contributed by atoms with van der Waals surface area (Å²) in [5.74, 6) is 0.385. The van der Waals surface area contributed by atoms with Gasteiger partial charge in [-0.15, -0.1) is 0 Å². The van der Waals surface area contributed by atoms with E-state index in [1.807, 2.05) is 0 Å². The quantitative estimate of drug-likeness (QED) is 0.445. The van der Waals surface area contributed by atoms with Gasteiger partial charge in [-0.1, -0.05) is 0 Å². The first kappa shape index (κ1) is 20.4. The summed E-state index contributed by atoms with van der Waals surface area (Å²) in [5.41, 5.74) is 2.06. The molecule has 3 aromatic heterocycles. The number of carbonyl (C=O) groups is 2. The third kappa shape index (κ3) is 4.03. The predicted molar refractivity (Wildman–Crippen MR) is 116 cm³/mol. The number of carbonyl (C=O) groups excluding carboxylic acids is 2. The van der Waals surface area contributed by atoms with Crippen molar-refractivity contribution in [2.75, 3.05) is 0 Å². The Labute approximate surface area is 180 Å². The molecule has 0 saturated carbocycles. The molecule has 0 spiro atoms. The number of hydrogen-bond acceptors (Lipinski definition) is 9. The zero-order valence-electron chi connectivity index (χ0n) is 16.7. The lowest BCUT2D eigenvalue weighted by Gasteiger charge is -2.18. The van der Waals surface area contributed by atoms with E-state index in [1.54, 1.807) is 64.0 Å². The van der Waals surface area contributed by atoms with Gasteiger partial charge >= 0.3 is 12.2 Å². The van der Waals surface area contributed by atoms with Crippen LogP contribution in [0.2, 0.25) is 0 Å². The van der Waals surface area contributed by atoms with Gasteiger partial charge in [0.05, 0.1) is 17.4 Å². The summed E-state index contributed by atoms with van der Waals surface area (Å²) in [4.78, 5) is 29.2. The molecular weight excluding hydrogens is 426 g/mol. The van der Waals surface area contributed by atoms with E-state index in [9.17, 15) is 9.59 Å². The fourth-order valence-corrected chi connectivity index (χ4v) is 4.25. The largest absolute Gasteiger partial charge is 0.442 e. The molecule has 0 radical (unpaired) electrons. The standard InChI is InChI=1S/C19H19N5O4S2/c1-11-14(9-24(21-11)18(26)28-19(2,3)4)13-7-20-8-15-12(13)5-6-23(15)17(25)27-16-10-29-30-22-16/h5-10,22H,1-4H3. The molecule has 1 aliphatic rings. The van der Waals surface area contributed by atoms with Gasteiger partial charge in [0.15, 0.2) is 0 Å². The molecule has 30 heavy (non-hydrogen) atoms. The zero-order chi connectivity index (χ0) is 21.5. The molecule has 156 valence electrons. The minimum absolute atomic E-state index is 0.385. The van der Waals surface area contributed by atoms with Crippen molar-refractivity contribution in [3.63, 3.8) is 0 Å². The van der Waals surface area contributed by atoms with Crippen molar-refractivity contribution in [2.24, 2.45) is 0 Å². The summed E-state index contributed by atoms with van der Waals surface area (Å²) in [6, 6.07) is 1.80. The zero-order valence-corrected chi connectivity index (χ0v) is 18.3. The van der Waals surface area contributed by atoms with Crippen LogP contribution in [0.15, 0.2) is 42.1 Å². The maximum atomic E-state index is 12.6. The van der Waals surface area contributed by atoms with Gasteiger partial charge in [-0.25, -0.2) is 9.59 Å². The topological polar surface area (TPSA) is 100 Å². The minimum Gasteiger partial charge on any atom is -0.442 e. The van der Waals surface area contributed by atoms with Crippen molar-refractivity contribution in [3.05, 3.63) is 47.8 Å². The number of nitrogens with zero attached hydrogens (tertiary/aromatic N) is 4. The maximum absolute atomic E-state index is 12.6. The van der Waals surface area contributed by atoms with Gasteiger partial charge in [0, 0.05) is 51.5 Å². The first-order valence-electron chi connectivity index (χ1n) is 8.99. The van der Waals surface area contributed by atoms with Crippen LogP contribution in [0.5, 0.6) is 0 Å². The van der Waals surface area contributed by atoms with Crippen LogP contribution >= 0.6 is 21.8 Å². The summed E-state index contributed by atoms with van der Waals surface area (Å²) in [6.07, 6.45) is 5.39. The molecule has 1 N–H and O–H groups in total. The second kappa shape index (κ2) is 7.73. The molecule has 0 unspecified atom stereocenters. The van der Waals surface area contributed by atoms with Gasteiger partial charge < -0.3 is 9.47 Å². The SMILES string of the molecule is Cc1nn(C(=O)OC(C)(C)C)cc1-c1cncc2c1ccn2C(=O)OC1=CSSN1. The summed E-state index contributed by atoms with van der Waals surface area (Å²) in [6.45, 7) is 7.18. The average Bonchev–Trinajstić information content (AvgIpc) is 3.39. The summed E-state index contributed by atoms with van der Waals surface area (Å²) in [5, 5.41) is 6.78. The number of hydrogen-bond donors (Lipinski definition) is 1. The van der Waals surface area contributed by atoms with Crippen LogP contribution in [-0.2, 0) is 9.47 Å². The molecule has 4 heterocycles. The number of rotatable bonds is 2. The Morgan fingerprint density at radius 3 is 2.67 bits per heavy atom. The van der Waals surface area contributed by atoms with E-state index in [1.165, 1.54) is 31.0 Å². The Balaban J connectivity index is 1.68. The van der Waals surface area contributed by atoms with Crippen molar-refractivity contribution < 1.29 is 19.1 Å². The fourth-order valence-electron chi connectivity index (χ4n) is 2.90. The number of fused-ring (bicyclic) bond motifs is 1.